The van der Waals surface area contributed by atoms with Crippen LogP contribution in [0.15, 0.2) is 18.5 Å². The summed E-state index contributed by atoms with van der Waals surface area (Å²) in [4.78, 5) is 0. The summed E-state index contributed by atoms with van der Waals surface area (Å²) in [5, 5.41) is 3.40. The second-order valence-electron chi connectivity index (χ2n) is 5.01. The van der Waals surface area contributed by atoms with E-state index in [4.69, 9.17) is 14.2 Å². The lowest BCUT2D eigenvalue weighted by atomic mass is 10.3. The van der Waals surface area contributed by atoms with Crippen molar-refractivity contribution in [2.45, 2.75) is 33.0 Å². The zero-order chi connectivity index (χ0) is 14.6. The van der Waals surface area contributed by atoms with Crippen LogP contribution < -0.4 is 5.32 Å². The van der Waals surface area contributed by atoms with Crippen LogP contribution >= 0.6 is 0 Å². The van der Waals surface area contributed by atoms with Crippen LogP contribution in [0.2, 0.25) is 0 Å². The van der Waals surface area contributed by atoms with Crippen molar-refractivity contribution in [1.29, 1.82) is 0 Å². The summed E-state index contributed by atoms with van der Waals surface area (Å²) in [5.74, 6) is 0. The third-order valence-electron chi connectivity index (χ3n) is 2.82. The highest BCUT2D eigenvalue weighted by Crippen LogP contribution is 2.01. The summed E-state index contributed by atoms with van der Waals surface area (Å²) in [6.45, 7) is 9.32. The van der Waals surface area contributed by atoms with Gasteiger partial charge in [0.1, 0.15) is 0 Å². The molecule has 0 aliphatic carbocycles. The summed E-state index contributed by atoms with van der Waals surface area (Å²) in [5.41, 5.74) is 1.31. The van der Waals surface area contributed by atoms with Crippen molar-refractivity contribution >= 4 is 0 Å². The van der Waals surface area contributed by atoms with Gasteiger partial charge in [-0.05, 0) is 11.6 Å². The van der Waals surface area contributed by atoms with Gasteiger partial charge in [-0.1, -0.05) is 13.8 Å². The Balaban J connectivity index is 2.01. The van der Waals surface area contributed by atoms with E-state index in [2.05, 4.69) is 42.2 Å². The second-order valence-corrected chi connectivity index (χ2v) is 5.01. The molecule has 0 amide bonds. The van der Waals surface area contributed by atoms with Crippen LogP contribution in [0.1, 0.15) is 19.4 Å². The normalized spacial score (nSPS) is 11.4. The monoisotopic (exact) mass is 284 g/mol. The van der Waals surface area contributed by atoms with Gasteiger partial charge in [-0.3, -0.25) is 0 Å². The molecule has 5 heteroatoms. The molecule has 1 rings (SSSR count). The van der Waals surface area contributed by atoms with Crippen LogP contribution in [0.25, 0.3) is 0 Å². The quantitative estimate of drug-likeness (QED) is 0.593. The predicted molar refractivity (Wildman–Crippen MR) is 79.9 cm³/mol. The van der Waals surface area contributed by atoms with Crippen molar-refractivity contribution in [3.05, 3.63) is 24.0 Å². The third-order valence-corrected chi connectivity index (χ3v) is 2.82. The first-order chi connectivity index (χ1) is 9.72. The number of aromatic nitrogens is 1. The van der Waals surface area contributed by atoms with E-state index < -0.39 is 0 Å². The largest absolute Gasteiger partial charge is 0.382 e. The standard InChI is InChI=1S/C15H28N2O3/c1-14(2)16-12-15-4-5-17(13-15)6-7-19-10-11-20-9-8-18-3/h4-5,13-14,16H,6-12H2,1-3H3. The molecule has 0 saturated heterocycles. The topological polar surface area (TPSA) is 44.7 Å². The maximum atomic E-state index is 5.52. The minimum Gasteiger partial charge on any atom is -0.382 e. The Kier molecular flexibility index (Phi) is 9.32. The first-order valence-corrected chi connectivity index (χ1v) is 7.25. The molecule has 0 bridgehead atoms. The zero-order valence-electron chi connectivity index (χ0n) is 12.9. The van der Waals surface area contributed by atoms with Gasteiger partial charge in [0.2, 0.25) is 0 Å². The molecule has 0 spiro atoms. The lowest BCUT2D eigenvalue weighted by Crippen LogP contribution is -2.21. The minimum absolute atomic E-state index is 0.514. The molecule has 1 aromatic rings. The molecule has 0 aliphatic heterocycles. The summed E-state index contributed by atoms with van der Waals surface area (Å²) >= 11 is 0. The fourth-order valence-electron chi connectivity index (χ4n) is 1.69. The van der Waals surface area contributed by atoms with Crippen molar-refractivity contribution in [2.75, 3.05) is 40.1 Å². The Morgan fingerprint density at radius 2 is 1.80 bits per heavy atom. The lowest BCUT2D eigenvalue weighted by molar-refractivity contribution is 0.0230. The number of methoxy groups -OCH3 is 1. The van der Waals surface area contributed by atoms with E-state index in [0.29, 0.717) is 39.1 Å². The van der Waals surface area contributed by atoms with E-state index in [0.717, 1.165) is 13.1 Å². The summed E-state index contributed by atoms with van der Waals surface area (Å²) in [7, 11) is 1.67. The number of nitrogens with one attached hydrogen (secondary N) is 1. The highest BCUT2D eigenvalue weighted by molar-refractivity contribution is 5.09. The van der Waals surface area contributed by atoms with E-state index in [1.807, 2.05) is 0 Å². The molecule has 0 radical (unpaired) electrons. The van der Waals surface area contributed by atoms with Gasteiger partial charge in [-0.2, -0.15) is 0 Å². The van der Waals surface area contributed by atoms with Crippen molar-refractivity contribution in [3.8, 4) is 0 Å². The predicted octanol–water partition coefficient (Wildman–Crippen LogP) is 1.67. The molecule has 20 heavy (non-hydrogen) atoms. The van der Waals surface area contributed by atoms with E-state index >= 15 is 0 Å². The van der Waals surface area contributed by atoms with E-state index in [1.165, 1.54) is 5.56 Å². The molecule has 0 saturated carbocycles. The Morgan fingerprint density at radius 1 is 1.10 bits per heavy atom. The number of hydrogen-bond acceptors (Lipinski definition) is 4. The van der Waals surface area contributed by atoms with E-state index in [9.17, 15) is 0 Å². The first-order valence-electron chi connectivity index (χ1n) is 7.25. The summed E-state index contributed by atoms with van der Waals surface area (Å²) in [6.07, 6.45) is 4.25. The van der Waals surface area contributed by atoms with Crippen LogP contribution in [-0.2, 0) is 27.3 Å². The van der Waals surface area contributed by atoms with Crippen LogP contribution in [-0.4, -0.2) is 50.8 Å². The van der Waals surface area contributed by atoms with E-state index in [-0.39, 0.29) is 0 Å². The average Bonchev–Trinajstić information content (AvgIpc) is 2.87. The van der Waals surface area contributed by atoms with Gasteiger partial charge in [0.05, 0.1) is 33.0 Å². The van der Waals surface area contributed by atoms with Crippen molar-refractivity contribution in [1.82, 2.24) is 9.88 Å². The number of hydrogen-bond donors (Lipinski definition) is 1. The Hall–Kier alpha value is -0.880. The zero-order valence-corrected chi connectivity index (χ0v) is 12.9. The number of ether oxygens (including phenoxy) is 3. The molecule has 0 fully saturated rings. The van der Waals surface area contributed by atoms with Gasteiger partial charge in [-0.15, -0.1) is 0 Å². The summed E-state index contributed by atoms with van der Waals surface area (Å²) in [6, 6.07) is 2.66. The average molecular weight is 284 g/mol. The number of rotatable bonds is 12. The highest BCUT2D eigenvalue weighted by Gasteiger charge is 1.98. The highest BCUT2D eigenvalue weighted by atomic mass is 16.5. The van der Waals surface area contributed by atoms with Gasteiger partial charge in [0.15, 0.2) is 0 Å². The van der Waals surface area contributed by atoms with Gasteiger partial charge in [-0.25, -0.2) is 0 Å². The number of nitrogens with zero attached hydrogens (tertiary/aromatic N) is 1. The van der Waals surface area contributed by atoms with Gasteiger partial charge in [0, 0.05) is 38.6 Å². The van der Waals surface area contributed by atoms with Gasteiger partial charge >= 0.3 is 0 Å². The van der Waals surface area contributed by atoms with Crippen molar-refractivity contribution < 1.29 is 14.2 Å². The maximum Gasteiger partial charge on any atom is 0.0701 e. The molecule has 1 heterocycles. The van der Waals surface area contributed by atoms with Crippen LogP contribution in [0, 0.1) is 0 Å². The molecular weight excluding hydrogens is 256 g/mol. The smallest absolute Gasteiger partial charge is 0.0701 e. The molecule has 0 aliphatic rings. The Bertz CT molecular complexity index is 340. The Morgan fingerprint density at radius 3 is 2.50 bits per heavy atom. The Labute approximate surface area is 122 Å². The molecule has 0 atom stereocenters. The van der Waals surface area contributed by atoms with Crippen molar-refractivity contribution in [3.63, 3.8) is 0 Å². The summed E-state index contributed by atoms with van der Waals surface area (Å²) < 4.78 is 17.9. The molecule has 0 aromatic carbocycles. The molecule has 116 valence electrons. The first kappa shape index (κ1) is 17.2. The fourth-order valence-corrected chi connectivity index (χ4v) is 1.69. The minimum atomic E-state index is 0.514. The molecule has 1 N–H and O–H groups in total. The SMILES string of the molecule is COCCOCCOCCn1ccc(CNC(C)C)c1. The third kappa shape index (κ3) is 8.32. The molecule has 1 aromatic heterocycles. The lowest BCUT2D eigenvalue weighted by Gasteiger charge is -2.07. The van der Waals surface area contributed by atoms with Crippen LogP contribution in [0.3, 0.4) is 0 Å². The molecule has 5 nitrogen and oxygen atoms in total. The second kappa shape index (κ2) is 10.9. The molecule has 0 unspecified atom stereocenters. The van der Waals surface area contributed by atoms with Gasteiger partial charge < -0.3 is 24.1 Å². The molecular formula is C15H28N2O3. The van der Waals surface area contributed by atoms with Crippen molar-refractivity contribution in [2.24, 2.45) is 0 Å². The van der Waals surface area contributed by atoms with Gasteiger partial charge in [0.25, 0.3) is 0 Å². The van der Waals surface area contributed by atoms with Crippen LogP contribution in [0.4, 0.5) is 0 Å². The maximum absolute atomic E-state index is 5.52. The fraction of sp³-hybridized carbons (Fsp3) is 0.733. The van der Waals surface area contributed by atoms with E-state index in [1.54, 1.807) is 7.11 Å². The van der Waals surface area contributed by atoms with Crippen LogP contribution in [0.5, 0.6) is 0 Å².